The molecule has 5 nitrogen and oxygen atoms in total. The van der Waals surface area contributed by atoms with Crippen LogP contribution in [-0.4, -0.2) is 19.1 Å². The van der Waals surface area contributed by atoms with E-state index in [4.69, 9.17) is 14.4 Å². The Morgan fingerprint density at radius 2 is 1.08 bits per heavy atom. The Bertz CT molecular complexity index is 4030. The lowest BCUT2D eigenvalue weighted by Crippen LogP contribution is -2.17. The number of nitrogens with zero attached hydrogens (tertiary/aromatic N) is 4. The lowest BCUT2D eigenvalue weighted by Gasteiger charge is -2.23. The monoisotopic (exact) mass is 792 g/mol. The molecule has 1 aliphatic carbocycles. The van der Waals surface area contributed by atoms with Crippen LogP contribution < -0.4 is 0 Å². The summed E-state index contributed by atoms with van der Waals surface area (Å²) in [5, 5.41) is 10.3. The number of furan rings is 1. The molecule has 0 aliphatic heterocycles. The highest BCUT2D eigenvalue weighted by Crippen LogP contribution is 2.54. The van der Waals surface area contributed by atoms with Crippen molar-refractivity contribution >= 4 is 87.2 Å². The van der Waals surface area contributed by atoms with Crippen LogP contribution in [0.25, 0.3) is 121 Å². The van der Waals surface area contributed by atoms with Gasteiger partial charge in [-0.15, -0.1) is 0 Å². The molecule has 0 saturated carbocycles. The van der Waals surface area contributed by atoms with Crippen molar-refractivity contribution in [1.82, 2.24) is 19.1 Å². The third-order valence-corrected chi connectivity index (χ3v) is 13.7. The maximum Gasteiger partial charge on any atom is 0.235 e. The van der Waals surface area contributed by atoms with Crippen LogP contribution in [0.15, 0.2) is 186 Å². The summed E-state index contributed by atoms with van der Waals surface area (Å²) in [4.78, 5) is 11.3. The lowest BCUT2D eigenvalue weighted by atomic mass is 9.81. The average Bonchev–Trinajstić information content (AvgIpc) is 4.03. The molecule has 5 heteroatoms. The van der Waals surface area contributed by atoms with Crippen molar-refractivity contribution < 1.29 is 4.42 Å². The second kappa shape index (κ2) is 12.1. The first-order valence-corrected chi connectivity index (χ1v) is 21.3. The number of para-hydroxylation sites is 5. The molecule has 4 heterocycles. The SMILES string of the molecule is CC1(C)c2ccccc2-c2ccc3c4c5ccccc5c(-n5c6ccccc6c6ccccc65)cc4n(-c4nc(-c5cccc6c5oc5ccccc56)c5ccccc5n4)c3c21. The van der Waals surface area contributed by atoms with Gasteiger partial charge in [-0.1, -0.05) is 159 Å². The molecule has 14 rings (SSSR count). The second-order valence-corrected chi connectivity index (χ2v) is 17.3. The Balaban J connectivity index is 1.18. The van der Waals surface area contributed by atoms with E-state index in [9.17, 15) is 0 Å². The summed E-state index contributed by atoms with van der Waals surface area (Å²) >= 11 is 0. The summed E-state index contributed by atoms with van der Waals surface area (Å²) in [7, 11) is 0. The van der Waals surface area contributed by atoms with Gasteiger partial charge in [-0.3, -0.25) is 4.57 Å². The van der Waals surface area contributed by atoms with E-state index in [1.807, 2.05) is 12.1 Å². The molecule has 0 bridgehead atoms. The third kappa shape index (κ3) is 4.31. The smallest absolute Gasteiger partial charge is 0.235 e. The highest BCUT2D eigenvalue weighted by atomic mass is 16.3. The fraction of sp³-hybridized carbons (Fsp3) is 0.0526. The van der Waals surface area contributed by atoms with Gasteiger partial charge in [0.2, 0.25) is 5.95 Å². The van der Waals surface area contributed by atoms with E-state index in [2.05, 4.69) is 193 Å². The predicted octanol–water partition coefficient (Wildman–Crippen LogP) is 14.8. The quantitative estimate of drug-likeness (QED) is 0.179. The summed E-state index contributed by atoms with van der Waals surface area (Å²) < 4.78 is 11.5. The van der Waals surface area contributed by atoms with Crippen LogP contribution in [-0.2, 0) is 5.41 Å². The number of hydrogen-bond donors (Lipinski definition) is 0. The van der Waals surface area contributed by atoms with Crippen molar-refractivity contribution in [1.29, 1.82) is 0 Å². The van der Waals surface area contributed by atoms with Gasteiger partial charge in [0.15, 0.2) is 0 Å². The van der Waals surface area contributed by atoms with Gasteiger partial charge >= 0.3 is 0 Å². The topological polar surface area (TPSA) is 48.8 Å². The maximum atomic E-state index is 6.69. The molecular weight excluding hydrogens is 757 g/mol. The van der Waals surface area contributed by atoms with Crippen molar-refractivity contribution in [2.24, 2.45) is 0 Å². The van der Waals surface area contributed by atoms with E-state index in [1.54, 1.807) is 0 Å². The van der Waals surface area contributed by atoms with Gasteiger partial charge in [-0.05, 0) is 64.0 Å². The molecule has 290 valence electrons. The summed E-state index contributed by atoms with van der Waals surface area (Å²) in [6.45, 7) is 4.74. The lowest BCUT2D eigenvalue weighted by molar-refractivity contribution is 0.663. The first-order chi connectivity index (χ1) is 30.5. The predicted molar refractivity (Wildman–Crippen MR) is 256 cm³/mol. The molecular formula is C57H36N4O. The number of rotatable bonds is 3. The summed E-state index contributed by atoms with van der Waals surface area (Å²) in [5.74, 6) is 0.621. The average molecular weight is 793 g/mol. The van der Waals surface area contributed by atoms with Crippen molar-refractivity contribution in [3.63, 3.8) is 0 Å². The van der Waals surface area contributed by atoms with E-state index >= 15 is 0 Å². The largest absolute Gasteiger partial charge is 0.455 e. The molecule has 9 aromatic carbocycles. The van der Waals surface area contributed by atoms with E-state index in [0.29, 0.717) is 5.95 Å². The van der Waals surface area contributed by atoms with Gasteiger partial charge in [0.1, 0.15) is 11.2 Å². The van der Waals surface area contributed by atoms with Gasteiger partial charge in [0.05, 0.1) is 39.0 Å². The molecule has 0 fully saturated rings. The number of benzene rings is 9. The van der Waals surface area contributed by atoms with Gasteiger partial charge in [-0.2, -0.15) is 0 Å². The normalized spacial score (nSPS) is 13.5. The van der Waals surface area contributed by atoms with E-state index in [1.165, 1.54) is 65.6 Å². The maximum absolute atomic E-state index is 6.69. The molecule has 0 amide bonds. The van der Waals surface area contributed by atoms with Crippen LogP contribution in [0.5, 0.6) is 0 Å². The minimum atomic E-state index is -0.303. The summed E-state index contributed by atoms with van der Waals surface area (Å²) in [6.07, 6.45) is 0. The molecule has 0 saturated heterocycles. The van der Waals surface area contributed by atoms with Gasteiger partial charge in [0.25, 0.3) is 0 Å². The Morgan fingerprint density at radius 1 is 0.452 bits per heavy atom. The molecule has 13 aromatic rings. The second-order valence-electron chi connectivity index (χ2n) is 17.3. The van der Waals surface area contributed by atoms with E-state index < -0.39 is 0 Å². The molecule has 1 aliphatic rings. The van der Waals surface area contributed by atoms with Crippen LogP contribution in [0.3, 0.4) is 0 Å². The Kier molecular flexibility index (Phi) is 6.57. The van der Waals surface area contributed by atoms with Crippen LogP contribution in [0.1, 0.15) is 25.0 Å². The van der Waals surface area contributed by atoms with Crippen molar-refractivity contribution in [3.8, 4) is 34.0 Å². The first-order valence-electron chi connectivity index (χ1n) is 21.3. The summed E-state index contributed by atoms with van der Waals surface area (Å²) in [5.41, 5.74) is 14.8. The van der Waals surface area contributed by atoms with Gasteiger partial charge in [0, 0.05) is 54.1 Å². The van der Waals surface area contributed by atoms with Crippen molar-refractivity contribution in [3.05, 3.63) is 193 Å². The summed E-state index contributed by atoms with van der Waals surface area (Å²) in [6, 6.07) is 65.5. The minimum absolute atomic E-state index is 0.303. The highest BCUT2D eigenvalue weighted by Gasteiger charge is 2.39. The van der Waals surface area contributed by atoms with Gasteiger partial charge < -0.3 is 8.98 Å². The first kappa shape index (κ1) is 33.8. The molecule has 0 spiro atoms. The number of hydrogen-bond acceptors (Lipinski definition) is 3. The molecule has 4 aromatic heterocycles. The Labute approximate surface area is 355 Å². The molecule has 62 heavy (non-hydrogen) atoms. The fourth-order valence-corrected chi connectivity index (χ4v) is 11.1. The zero-order valence-corrected chi connectivity index (χ0v) is 34.0. The number of fused-ring (bicyclic) bond motifs is 16. The van der Waals surface area contributed by atoms with Crippen molar-refractivity contribution in [2.75, 3.05) is 0 Å². The highest BCUT2D eigenvalue weighted by molar-refractivity contribution is 6.25. The molecule has 0 N–H and O–H groups in total. The fourth-order valence-electron chi connectivity index (χ4n) is 11.1. The van der Waals surface area contributed by atoms with Crippen LogP contribution in [0.2, 0.25) is 0 Å². The minimum Gasteiger partial charge on any atom is -0.455 e. The molecule has 0 atom stereocenters. The van der Waals surface area contributed by atoms with E-state index in [-0.39, 0.29) is 5.41 Å². The van der Waals surface area contributed by atoms with E-state index in [0.717, 1.165) is 60.8 Å². The Morgan fingerprint density at radius 3 is 1.89 bits per heavy atom. The van der Waals surface area contributed by atoms with Crippen LogP contribution in [0.4, 0.5) is 0 Å². The van der Waals surface area contributed by atoms with Gasteiger partial charge in [-0.25, -0.2) is 9.97 Å². The standard InChI is InChI=1S/C57H36N4O/c1-57(2)44-25-10-5-16-33(44)39-30-31-42-51-38-21-4-3-19-36(38)48(60-46-27-12-7-17-34(46)35-18-8-13-28-47(35)60)32-49(51)61(54(42)52(39)57)56-58-45-26-11-6-22-41(45)53(59-56)43-24-15-23-40-37-20-9-14-29-50(37)62-55(40)43/h3-32H,1-2H3. The number of aromatic nitrogens is 4. The van der Waals surface area contributed by atoms with Crippen LogP contribution >= 0.6 is 0 Å². The van der Waals surface area contributed by atoms with Crippen LogP contribution in [0, 0.1) is 0 Å². The zero-order chi connectivity index (χ0) is 40.8. The molecule has 0 radical (unpaired) electrons. The third-order valence-electron chi connectivity index (χ3n) is 13.7. The zero-order valence-electron chi connectivity index (χ0n) is 34.0. The molecule has 0 unspecified atom stereocenters. The Hall–Kier alpha value is -8.02. The van der Waals surface area contributed by atoms with Crippen molar-refractivity contribution in [2.45, 2.75) is 19.3 Å².